The van der Waals surface area contributed by atoms with Gasteiger partial charge in [-0.15, -0.1) is 0 Å². The molecule has 0 spiro atoms. The molecule has 1 N–H and O–H groups in total. The van der Waals surface area contributed by atoms with E-state index in [0.29, 0.717) is 13.0 Å². The number of likely N-dealkylation sites (N-methyl/N-ethyl adjacent to an activating group) is 1. The first kappa shape index (κ1) is 13.5. The van der Waals surface area contributed by atoms with Crippen LogP contribution in [0.1, 0.15) is 32.6 Å². The fourth-order valence-electron chi connectivity index (χ4n) is 2.12. The molecule has 1 saturated heterocycles. The predicted molar refractivity (Wildman–Crippen MR) is 64.2 cm³/mol. The van der Waals surface area contributed by atoms with Gasteiger partial charge < -0.3 is 14.9 Å². The van der Waals surface area contributed by atoms with E-state index in [1.807, 2.05) is 4.90 Å². The molecule has 0 aromatic rings. The number of hydrogen-bond donors (Lipinski definition) is 1. The molecule has 0 saturated carbocycles. The van der Waals surface area contributed by atoms with Crippen LogP contribution in [-0.2, 0) is 4.79 Å². The third-order valence-corrected chi connectivity index (χ3v) is 3.21. The van der Waals surface area contributed by atoms with Crippen molar-refractivity contribution in [2.75, 3.05) is 39.3 Å². The maximum Gasteiger partial charge on any atom is 0.223 e. The topological polar surface area (TPSA) is 43.8 Å². The number of amides is 1. The van der Waals surface area contributed by atoms with E-state index in [1.54, 1.807) is 0 Å². The van der Waals surface area contributed by atoms with Crippen LogP contribution in [0.3, 0.4) is 0 Å². The second-order valence-electron chi connectivity index (χ2n) is 4.35. The molecule has 4 nitrogen and oxygen atoms in total. The summed E-state index contributed by atoms with van der Waals surface area (Å²) in [6, 6.07) is 0. The van der Waals surface area contributed by atoms with E-state index >= 15 is 0 Å². The largest absolute Gasteiger partial charge is 0.395 e. The zero-order valence-corrected chi connectivity index (χ0v) is 10.3. The lowest BCUT2D eigenvalue weighted by Gasteiger charge is -2.28. The molecule has 1 amide bonds. The molecule has 1 heterocycles. The van der Waals surface area contributed by atoms with Crippen LogP contribution < -0.4 is 0 Å². The van der Waals surface area contributed by atoms with Crippen molar-refractivity contribution in [2.45, 2.75) is 32.6 Å². The van der Waals surface area contributed by atoms with Gasteiger partial charge in [-0.2, -0.15) is 0 Å². The molecule has 0 aliphatic carbocycles. The van der Waals surface area contributed by atoms with Crippen LogP contribution in [0.25, 0.3) is 0 Å². The molecule has 0 atom stereocenters. The molecular weight excluding hydrogens is 204 g/mol. The highest BCUT2D eigenvalue weighted by Crippen LogP contribution is 2.10. The fourth-order valence-corrected chi connectivity index (χ4v) is 2.12. The molecule has 0 radical (unpaired) electrons. The van der Waals surface area contributed by atoms with Crippen LogP contribution in [0.2, 0.25) is 0 Å². The molecule has 0 bridgehead atoms. The van der Waals surface area contributed by atoms with Gasteiger partial charge in [0.1, 0.15) is 0 Å². The molecule has 4 heteroatoms. The third kappa shape index (κ3) is 4.49. The van der Waals surface area contributed by atoms with E-state index in [0.717, 1.165) is 39.0 Å². The monoisotopic (exact) mass is 228 g/mol. The first-order valence-electron chi connectivity index (χ1n) is 6.39. The minimum atomic E-state index is 0.172. The zero-order chi connectivity index (χ0) is 11.8. The summed E-state index contributed by atoms with van der Waals surface area (Å²) in [5, 5.41) is 8.84. The highest BCUT2D eigenvalue weighted by Gasteiger charge is 2.16. The molecular formula is C12H24N2O2. The summed E-state index contributed by atoms with van der Waals surface area (Å²) in [5.74, 6) is 0.274. The predicted octanol–water partition coefficient (Wildman–Crippen LogP) is 0.703. The van der Waals surface area contributed by atoms with Gasteiger partial charge in [-0.3, -0.25) is 4.79 Å². The maximum atomic E-state index is 11.9. The second kappa shape index (κ2) is 7.63. The van der Waals surface area contributed by atoms with Crippen molar-refractivity contribution in [3.8, 4) is 0 Å². The number of piperidine rings is 1. The van der Waals surface area contributed by atoms with Gasteiger partial charge in [0.05, 0.1) is 6.61 Å². The summed E-state index contributed by atoms with van der Waals surface area (Å²) in [5.41, 5.74) is 0. The first-order valence-corrected chi connectivity index (χ1v) is 6.39. The van der Waals surface area contributed by atoms with Gasteiger partial charge in [0.2, 0.25) is 5.91 Å². The summed E-state index contributed by atoms with van der Waals surface area (Å²) >= 11 is 0. The van der Waals surface area contributed by atoms with Gasteiger partial charge in [0.15, 0.2) is 0 Å². The minimum Gasteiger partial charge on any atom is -0.395 e. The van der Waals surface area contributed by atoms with Crippen molar-refractivity contribution >= 4 is 5.91 Å². The molecule has 0 aromatic carbocycles. The standard InChI is InChI=1S/C12H24N2O2/c1-2-13(10-11-15)9-6-12(16)14-7-4-3-5-8-14/h15H,2-11H2,1H3. The Morgan fingerprint density at radius 3 is 2.50 bits per heavy atom. The van der Waals surface area contributed by atoms with Gasteiger partial charge >= 0.3 is 0 Å². The molecule has 16 heavy (non-hydrogen) atoms. The Hall–Kier alpha value is -0.610. The van der Waals surface area contributed by atoms with Crippen molar-refractivity contribution in [2.24, 2.45) is 0 Å². The summed E-state index contributed by atoms with van der Waals surface area (Å²) in [6.45, 7) is 6.44. The van der Waals surface area contributed by atoms with Crippen LogP contribution >= 0.6 is 0 Å². The summed E-state index contributed by atoms with van der Waals surface area (Å²) < 4.78 is 0. The normalized spacial score (nSPS) is 16.8. The van der Waals surface area contributed by atoms with Gasteiger partial charge in [-0.1, -0.05) is 6.92 Å². The number of likely N-dealkylation sites (tertiary alicyclic amines) is 1. The van der Waals surface area contributed by atoms with E-state index in [4.69, 9.17) is 5.11 Å². The lowest BCUT2D eigenvalue weighted by atomic mass is 10.1. The zero-order valence-electron chi connectivity index (χ0n) is 10.3. The number of carbonyl (C=O) groups excluding carboxylic acids is 1. The van der Waals surface area contributed by atoms with Crippen molar-refractivity contribution in [1.82, 2.24) is 9.80 Å². The Morgan fingerprint density at radius 2 is 1.94 bits per heavy atom. The average molecular weight is 228 g/mol. The molecule has 0 aromatic heterocycles. The van der Waals surface area contributed by atoms with Gasteiger partial charge in [0, 0.05) is 32.6 Å². The Kier molecular flexibility index (Phi) is 6.42. The van der Waals surface area contributed by atoms with Crippen molar-refractivity contribution < 1.29 is 9.90 Å². The molecule has 1 rings (SSSR count). The number of aliphatic hydroxyl groups excluding tert-OH is 1. The molecule has 1 aliphatic heterocycles. The van der Waals surface area contributed by atoms with E-state index in [9.17, 15) is 4.79 Å². The van der Waals surface area contributed by atoms with Gasteiger partial charge in [0.25, 0.3) is 0 Å². The number of nitrogens with zero attached hydrogens (tertiary/aromatic N) is 2. The fraction of sp³-hybridized carbons (Fsp3) is 0.917. The molecule has 94 valence electrons. The van der Waals surface area contributed by atoms with Crippen LogP contribution in [0.15, 0.2) is 0 Å². The van der Waals surface area contributed by atoms with Gasteiger partial charge in [-0.25, -0.2) is 0 Å². The first-order chi connectivity index (χ1) is 7.77. The average Bonchev–Trinajstić information content (AvgIpc) is 2.35. The highest BCUT2D eigenvalue weighted by atomic mass is 16.3. The number of hydrogen-bond acceptors (Lipinski definition) is 3. The van der Waals surface area contributed by atoms with E-state index in [2.05, 4.69) is 11.8 Å². The quantitative estimate of drug-likeness (QED) is 0.728. The van der Waals surface area contributed by atoms with Crippen molar-refractivity contribution in [3.63, 3.8) is 0 Å². The molecule has 1 aliphatic rings. The highest BCUT2D eigenvalue weighted by molar-refractivity contribution is 5.76. The lowest BCUT2D eigenvalue weighted by Crippen LogP contribution is -2.38. The van der Waals surface area contributed by atoms with Crippen molar-refractivity contribution in [3.05, 3.63) is 0 Å². The second-order valence-corrected chi connectivity index (χ2v) is 4.35. The number of aliphatic hydroxyl groups is 1. The maximum absolute atomic E-state index is 11.9. The molecule has 0 unspecified atom stereocenters. The van der Waals surface area contributed by atoms with Crippen LogP contribution in [0.5, 0.6) is 0 Å². The Labute approximate surface area is 98.2 Å². The molecule has 1 fully saturated rings. The van der Waals surface area contributed by atoms with E-state index < -0.39 is 0 Å². The summed E-state index contributed by atoms with van der Waals surface area (Å²) in [4.78, 5) is 16.0. The van der Waals surface area contributed by atoms with Crippen LogP contribution in [-0.4, -0.2) is 60.1 Å². The lowest BCUT2D eigenvalue weighted by molar-refractivity contribution is -0.132. The van der Waals surface area contributed by atoms with Crippen LogP contribution in [0, 0.1) is 0 Å². The summed E-state index contributed by atoms with van der Waals surface area (Å²) in [7, 11) is 0. The minimum absolute atomic E-state index is 0.172. The van der Waals surface area contributed by atoms with Crippen molar-refractivity contribution in [1.29, 1.82) is 0 Å². The smallest absolute Gasteiger partial charge is 0.223 e. The van der Waals surface area contributed by atoms with E-state index in [-0.39, 0.29) is 12.5 Å². The van der Waals surface area contributed by atoms with Gasteiger partial charge in [-0.05, 0) is 25.8 Å². The Bertz CT molecular complexity index is 203. The summed E-state index contributed by atoms with van der Waals surface area (Å²) in [6.07, 6.45) is 4.16. The third-order valence-electron chi connectivity index (χ3n) is 3.21. The number of carbonyl (C=O) groups is 1. The SMILES string of the molecule is CCN(CCO)CCC(=O)N1CCCCC1. The Balaban J connectivity index is 2.22. The Morgan fingerprint density at radius 1 is 1.25 bits per heavy atom. The number of rotatable bonds is 6. The van der Waals surface area contributed by atoms with E-state index in [1.165, 1.54) is 6.42 Å². The van der Waals surface area contributed by atoms with Crippen LogP contribution in [0.4, 0.5) is 0 Å².